The number of hydrogen-bond acceptors (Lipinski definition) is 4. The van der Waals surface area contributed by atoms with Crippen LogP contribution in [0.15, 0.2) is 65.8 Å². The van der Waals surface area contributed by atoms with Gasteiger partial charge in [0.2, 0.25) is 0 Å². The quantitative estimate of drug-likeness (QED) is 0.715. The number of aromatic nitrogens is 1. The summed E-state index contributed by atoms with van der Waals surface area (Å²) in [4.78, 5) is 18.7. The van der Waals surface area contributed by atoms with Gasteiger partial charge in [0.1, 0.15) is 0 Å². The zero-order valence-corrected chi connectivity index (χ0v) is 17.0. The largest absolute Gasteiger partial charge is 0.308 e. The standard InChI is InChI=1S/C22H21N3O3S/c1-15-5-8-20(12-16(15)2)29(27,28)24-19-7-6-17-9-11-25(21(17)13-19)22(26)18-4-3-10-23-14-18/h3-8,10,12-14,24H,9,11H2,1-2H3. The molecule has 2 aromatic carbocycles. The van der Waals surface area contributed by atoms with Gasteiger partial charge in [0, 0.05) is 24.6 Å². The van der Waals surface area contributed by atoms with E-state index >= 15 is 0 Å². The molecule has 1 aliphatic rings. The molecule has 148 valence electrons. The first-order valence-electron chi connectivity index (χ1n) is 9.30. The number of sulfonamides is 1. The van der Waals surface area contributed by atoms with E-state index < -0.39 is 10.0 Å². The normalized spacial score (nSPS) is 13.2. The summed E-state index contributed by atoms with van der Waals surface area (Å²) in [7, 11) is -3.72. The van der Waals surface area contributed by atoms with Crippen LogP contribution < -0.4 is 9.62 Å². The smallest absolute Gasteiger partial charge is 0.261 e. The molecule has 0 spiro atoms. The maximum Gasteiger partial charge on any atom is 0.261 e. The summed E-state index contributed by atoms with van der Waals surface area (Å²) in [6.07, 6.45) is 3.88. The minimum absolute atomic E-state index is 0.147. The Morgan fingerprint density at radius 1 is 1.07 bits per heavy atom. The molecule has 1 amide bonds. The lowest BCUT2D eigenvalue weighted by Gasteiger charge is -2.18. The number of nitrogens with zero attached hydrogens (tertiary/aromatic N) is 2. The van der Waals surface area contributed by atoms with Gasteiger partial charge in [0.05, 0.1) is 16.1 Å². The van der Waals surface area contributed by atoms with Gasteiger partial charge in [0.25, 0.3) is 15.9 Å². The second-order valence-electron chi connectivity index (χ2n) is 7.14. The van der Waals surface area contributed by atoms with E-state index in [2.05, 4.69) is 9.71 Å². The lowest BCUT2D eigenvalue weighted by molar-refractivity contribution is 0.0989. The second kappa shape index (κ2) is 7.33. The molecule has 0 radical (unpaired) electrons. The molecule has 0 fully saturated rings. The molecule has 0 aliphatic carbocycles. The first-order valence-corrected chi connectivity index (χ1v) is 10.8. The van der Waals surface area contributed by atoms with Crippen molar-refractivity contribution in [2.24, 2.45) is 0 Å². The number of carbonyl (C=O) groups is 1. The van der Waals surface area contributed by atoms with E-state index in [4.69, 9.17) is 0 Å². The molecule has 7 heteroatoms. The summed E-state index contributed by atoms with van der Waals surface area (Å²) in [6.45, 7) is 4.37. The van der Waals surface area contributed by atoms with Crippen LogP contribution in [-0.2, 0) is 16.4 Å². The average Bonchev–Trinajstić information content (AvgIpc) is 3.13. The molecule has 1 aliphatic heterocycles. The highest BCUT2D eigenvalue weighted by molar-refractivity contribution is 7.92. The van der Waals surface area contributed by atoms with Gasteiger partial charge in [-0.25, -0.2) is 8.42 Å². The van der Waals surface area contributed by atoms with Crippen LogP contribution in [0.4, 0.5) is 11.4 Å². The van der Waals surface area contributed by atoms with Crippen LogP contribution >= 0.6 is 0 Å². The van der Waals surface area contributed by atoms with Crippen molar-refractivity contribution in [1.29, 1.82) is 0 Å². The fourth-order valence-corrected chi connectivity index (χ4v) is 4.53. The number of aryl methyl sites for hydroxylation is 2. The van der Waals surface area contributed by atoms with Crippen LogP contribution in [0.5, 0.6) is 0 Å². The van der Waals surface area contributed by atoms with E-state index in [1.54, 1.807) is 53.6 Å². The number of hydrogen-bond donors (Lipinski definition) is 1. The van der Waals surface area contributed by atoms with Gasteiger partial charge in [-0.3, -0.25) is 14.5 Å². The number of pyridine rings is 1. The van der Waals surface area contributed by atoms with Gasteiger partial charge in [0.15, 0.2) is 0 Å². The van der Waals surface area contributed by atoms with Crippen molar-refractivity contribution < 1.29 is 13.2 Å². The van der Waals surface area contributed by atoms with E-state index in [0.717, 1.165) is 28.8 Å². The molecule has 2 heterocycles. The monoisotopic (exact) mass is 407 g/mol. The minimum atomic E-state index is -3.72. The number of anilines is 2. The average molecular weight is 407 g/mol. The van der Waals surface area contributed by atoms with Crippen molar-refractivity contribution in [2.45, 2.75) is 25.2 Å². The summed E-state index contributed by atoms with van der Waals surface area (Å²) in [6, 6.07) is 13.8. The first-order chi connectivity index (χ1) is 13.8. The van der Waals surface area contributed by atoms with E-state index in [9.17, 15) is 13.2 Å². The number of benzene rings is 2. The maximum absolute atomic E-state index is 12.8. The molecule has 0 unspecified atom stereocenters. The molecule has 0 bridgehead atoms. The fourth-order valence-electron chi connectivity index (χ4n) is 3.39. The third kappa shape index (κ3) is 3.73. The molecular weight excluding hydrogens is 386 g/mol. The lowest BCUT2D eigenvalue weighted by atomic mass is 10.1. The fraction of sp³-hybridized carbons (Fsp3) is 0.182. The molecule has 3 aromatic rings. The van der Waals surface area contributed by atoms with Crippen molar-refractivity contribution in [1.82, 2.24) is 4.98 Å². The Hall–Kier alpha value is -3.19. The van der Waals surface area contributed by atoms with Crippen LogP contribution in [0, 0.1) is 13.8 Å². The van der Waals surface area contributed by atoms with Crippen LogP contribution in [0.25, 0.3) is 0 Å². The molecule has 29 heavy (non-hydrogen) atoms. The molecule has 0 saturated carbocycles. The number of carbonyl (C=O) groups excluding carboxylic acids is 1. The van der Waals surface area contributed by atoms with Crippen molar-refractivity contribution in [3.63, 3.8) is 0 Å². The number of rotatable bonds is 4. The van der Waals surface area contributed by atoms with E-state index in [-0.39, 0.29) is 10.8 Å². The summed E-state index contributed by atoms with van der Waals surface area (Å²) in [5, 5.41) is 0. The first kappa shape index (κ1) is 19.1. The predicted molar refractivity (Wildman–Crippen MR) is 113 cm³/mol. The SMILES string of the molecule is Cc1ccc(S(=O)(=O)Nc2ccc3c(c2)N(C(=O)c2cccnc2)CC3)cc1C. The van der Waals surface area contributed by atoms with Gasteiger partial charge in [-0.15, -0.1) is 0 Å². The topological polar surface area (TPSA) is 79.4 Å². The van der Waals surface area contributed by atoms with Crippen molar-refractivity contribution >= 4 is 27.3 Å². The number of nitrogens with one attached hydrogen (secondary N) is 1. The van der Waals surface area contributed by atoms with Gasteiger partial charge >= 0.3 is 0 Å². The van der Waals surface area contributed by atoms with Gasteiger partial charge in [-0.2, -0.15) is 0 Å². The van der Waals surface area contributed by atoms with Crippen LogP contribution in [0.1, 0.15) is 27.0 Å². The van der Waals surface area contributed by atoms with E-state index in [1.807, 2.05) is 19.9 Å². The minimum Gasteiger partial charge on any atom is -0.308 e. The third-order valence-corrected chi connectivity index (χ3v) is 6.55. The lowest BCUT2D eigenvalue weighted by Crippen LogP contribution is -2.29. The van der Waals surface area contributed by atoms with E-state index in [0.29, 0.717) is 17.8 Å². The Morgan fingerprint density at radius 3 is 2.62 bits per heavy atom. The van der Waals surface area contributed by atoms with Crippen LogP contribution in [-0.4, -0.2) is 25.9 Å². The maximum atomic E-state index is 12.8. The third-order valence-electron chi connectivity index (χ3n) is 5.18. The highest BCUT2D eigenvalue weighted by Crippen LogP contribution is 2.32. The summed E-state index contributed by atoms with van der Waals surface area (Å²) in [5.74, 6) is -0.147. The molecule has 1 N–H and O–H groups in total. The predicted octanol–water partition coefficient (Wildman–Crippen LogP) is 3.70. The van der Waals surface area contributed by atoms with Gasteiger partial charge in [-0.1, -0.05) is 12.1 Å². The molecule has 0 saturated heterocycles. The van der Waals surface area contributed by atoms with Crippen LogP contribution in [0.3, 0.4) is 0 Å². The number of fused-ring (bicyclic) bond motifs is 1. The highest BCUT2D eigenvalue weighted by atomic mass is 32.2. The Labute approximate surface area is 170 Å². The van der Waals surface area contributed by atoms with Crippen LogP contribution in [0.2, 0.25) is 0 Å². The Morgan fingerprint density at radius 2 is 1.90 bits per heavy atom. The summed E-state index contributed by atoms with van der Waals surface area (Å²) in [5.41, 5.74) is 4.60. The summed E-state index contributed by atoms with van der Waals surface area (Å²) < 4.78 is 28.2. The van der Waals surface area contributed by atoms with Crippen molar-refractivity contribution in [3.05, 3.63) is 83.2 Å². The highest BCUT2D eigenvalue weighted by Gasteiger charge is 2.26. The second-order valence-corrected chi connectivity index (χ2v) is 8.83. The van der Waals surface area contributed by atoms with Gasteiger partial charge in [-0.05, 0) is 73.4 Å². The van der Waals surface area contributed by atoms with Crippen molar-refractivity contribution in [3.8, 4) is 0 Å². The van der Waals surface area contributed by atoms with Crippen molar-refractivity contribution in [2.75, 3.05) is 16.2 Å². The van der Waals surface area contributed by atoms with Gasteiger partial charge < -0.3 is 4.90 Å². The Balaban J connectivity index is 1.63. The molecule has 0 atom stereocenters. The van der Waals surface area contributed by atoms with E-state index in [1.165, 1.54) is 6.20 Å². The molecule has 4 rings (SSSR count). The molecular formula is C22H21N3O3S. The summed E-state index contributed by atoms with van der Waals surface area (Å²) >= 11 is 0. The number of amides is 1. The Kier molecular flexibility index (Phi) is 4.84. The molecule has 6 nitrogen and oxygen atoms in total. The molecule has 1 aromatic heterocycles. The zero-order chi connectivity index (χ0) is 20.6. The Bertz CT molecular complexity index is 1190. The zero-order valence-electron chi connectivity index (χ0n) is 16.2.